The van der Waals surface area contributed by atoms with Gasteiger partial charge in [0.15, 0.2) is 0 Å². The van der Waals surface area contributed by atoms with Gasteiger partial charge < -0.3 is 29.2 Å². The van der Waals surface area contributed by atoms with E-state index in [4.69, 9.17) is 14.2 Å². The van der Waals surface area contributed by atoms with Gasteiger partial charge in [-0.05, 0) is 65.2 Å². The molecule has 0 N–H and O–H groups in total. The predicted octanol–water partition coefficient (Wildman–Crippen LogP) is 5.68. The van der Waals surface area contributed by atoms with Crippen molar-refractivity contribution in [3.8, 4) is 17.5 Å². The van der Waals surface area contributed by atoms with Gasteiger partial charge in [0.2, 0.25) is 0 Å². The molecule has 0 bridgehead atoms. The monoisotopic (exact) mass is 550 g/mol. The number of halogens is 3. The number of piperidine rings is 1. The molecule has 2 aromatic carbocycles. The van der Waals surface area contributed by atoms with Crippen molar-refractivity contribution in [2.45, 2.75) is 48.4 Å². The molecule has 202 valence electrons. The highest BCUT2D eigenvalue weighted by molar-refractivity contribution is 8.00. The number of imidazole rings is 1. The average Bonchev–Trinajstić information content (AvgIpc) is 3.33. The normalized spacial score (nSPS) is 18.0. The summed E-state index contributed by atoms with van der Waals surface area (Å²) in [6.07, 6.45) is 3.38. The Hall–Kier alpha value is -3.61. The molecule has 0 spiro atoms. The maximum Gasteiger partial charge on any atom is 0.446 e. The number of aryl methyl sites for hydroxylation is 1. The fourth-order valence-electron chi connectivity index (χ4n) is 4.42. The van der Waals surface area contributed by atoms with Gasteiger partial charge in [0.05, 0.1) is 0 Å². The molecule has 3 heterocycles. The summed E-state index contributed by atoms with van der Waals surface area (Å²) in [4.78, 5) is 16.6. The lowest BCUT2D eigenvalue weighted by atomic mass is 10.1. The smallest absolute Gasteiger partial charge is 0.446 e. The summed E-state index contributed by atoms with van der Waals surface area (Å²) in [7, 11) is 0. The van der Waals surface area contributed by atoms with Crippen molar-refractivity contribution in [2.75, 3.05) is 24.6 Å². The third-order valence-electron chi connectivity index (χ3n) is 6.32. The lowest BCUT2D eigenvalue weighted by molar-refractivity contribution is -0.389. The first kappa shape index (κ1) is 26.0. The van der Waals surface area contributed by atoms with Crippen LogP contribution in [-0.4, -0.2) is 51.9 Å². The van der Waals surface area contributed by atoms with Crippen LogP contribution in [0.15, 0.2) is 59.6 Å². The zero-order valence-corrected chi connectivity index (χ0v) is 21.0. The van der Waals surface area contributed by atoms with Crippen LogP contribution in [-0.2, 0) is 6.54 Å². The molecule has 1 saturated heterocycles. The molecule has 5 rings (SSSR count). The molecule has 0 unspecified atom stereocenters. The van der Waals surface area contributed by atoms with Gasteiger partial charge >= 0.3 is 17.3 Å². The molecule has 2 aliphatic rings. The Labute approximate surface area is 220 Å². The minimum Gasteiger partial charge on any atom is -0.490 e. The summed E-state index contributed by atoms with van der Waals surface area (Å²) < 4.78 is 56.7. The Bertz CT molecular complexity index is 1250. The second-order valence-electron chi connectivity index (χ2n) is 8.99. The molecule has 0 saturated carbocycles. The van der Waals surface area contributed by atoms with Crippen LogP contribution in [0.25, 0.3) is 0 Å². The van der Waals surface area contributed by atoms with Crippen molar-refractivity contribution >= 4 is 23.3 Å². The zero-order valence-electron chi connectivity index (χ0n) is 20.2. The summed E-state index contributed by atoms with van der Waals surface area (Å²) in [6, 6.07) is 14.0. The van der Waals surface area contributed by atoms with Crippen LogP contribution < -0.4 is 19.1 Å². The van der Waals surface area contributed by atoms with Crippen molar-refractivity contribution in [1.82, 2.24) is 9.55 Å². The van der Waals surface area contributed by atoms with E-state index >= 15 is 0 Å². The topological polar surface area (TPSA) is 91.9 Å². The number of anilines is 1. The van der Waals surface area contributed by atoms with E-state index in [9.17, 15) is 23.3 Å². The predicted molar refractivity (Wildman–Crippen MR) is 134 cm³/mol. The number of thioether (sulfide) groups is 1. The van der Waals surface area contributed by atoms with E-state index in [1.807, 2.05) is 24.3 Å². The number of aromatic nitrogens is 2. The Kier molecular flexibility index (Phi) is 7.54. The Morgan fingerprint density at radius 3 is 2.37 bits per heavy atom. The lowest BCUT2D eigenvalue weighted by Crippen LogP contribution is -2.38. The van der Waals surface area contributed by atoms with Crippen molar-refractivity contribution < 1.29 is 32.3 Å². The number of rotatable bonds is 8. The zero-order chi connectivity index (χ0) is 26.7. The molecule has 38 heavy (non-hydrogen) atoms. The first-order valence-electron chi connectivity index (χ1n) is 12.1. The molecule has 0 amide bonds. The van der Waals surface area contributed by atoms with E-state index in [2.05, 4.69) is 9.88 Å². The van der Waals surface area contributed by atoms with Gasteiger partial charge in [0, 0.05) is 54.5 Å². The van der Waals surface area contributed by atoms with E-state index in [0.29, 0.717) is 31.1 Å². The number of benzene rings is 2. The molecular formula is C25H25F3N4O5S. The van der Waals surface area contributed by atoms with Crippen LogP contribution in [0.2, 0.25) is 0 Å². The Balaban J connectivity index is 1.06. The van der Waals surface area contributed by atoms with Crippen molar-refractivity contribution in [3.05, 3.63) is 64.8 Å². The van der Waals surface area contributed by atoms with E-state index in [1.165, 1.54) is 18.3 Å². The maximum absolute atomic E-state index is 12.5. The van der Waals surface area contributed by atoms with E-state index in [-0.39, 0.29) is 40.7 Å². The fourth-order valence-corrected chi connectivity index (χ4v) is 4.96. The van der Waals surface area contributed by atoms with E-state index in [0.717, 1.165) is 31.6 Å². The number of nitro groups is 1. The Morgan fingerprint density at radius 2 is 1.71 bits per heavy atom. The molecular weight excluding hydrogens is 525 g/mol. The summed E-state index contributed by atoms with van der Waals surface area (Å²) in [6.45, 7) is 2.47. The van der Waals surface area contributed by atoms with Gasteiger partial charge in [-0.15, -0.1) is 0 Å². The number of fused-ring (bicyclic) bond motifs is 1. The summed E-state index contributed by atoms with van der Waals surface area (Å²) in [5.41, 5.74) is -3.24. The summed E-state index contributed by atoms with van der Waals surface area (Å²) in [5, 5.41) is 10.9. The third-order valence-corrected chi connectivity index (χ3v) is 7.06. The standard InChI is InChI=1S/C25H25F3N4O5S/c26-25(27,28)38-22-7-5-19(6-8-22)36-20-9-12-30(13-10-20)17-1-3-18(4-2-17)35-16-21-11-14-31-15-23(32(33)34)29-24(31)37-21/h1-8,15,20-21H,9-14,16H2/t21-/m1/s1. The molecule has 2 aliphatic heterocycles. The molecule has 13 heteroatoms. The highest BCUT2D eigenvalue weighted by Crippen LogP contribution is 2.37. The number of ether oxygens (including phenoxy) is 3. The largest absolute Gasteiger partial charge is 0.490 e. The van der Waals surface area contributed by atoms with Crippen LogP contribution in [0.4, 0.5) is 24.7 Å². The van der Waals surface area contributed by atoms with Gasteiger partial charge in [0.1, 0.15) is 36.5 Å². The van der Waals surface area contributed by atoms with Gasteiger partial charge in [-0.1, -0.05) is 0 Å². The fraction of sp³-hybridized carbons (Fsp3) is 0.400. The Morgan fingerprint density at radius 1 is 1.03 bits per heavy atom. The summed E-state index contributed by atoms with van der Waals surface area (Å²) in [5.74, 6) is 1.04. The highest BCUT2D eigenvalue weighted by Gasteiger charge is 2.30. The van der Waals surface area contributed by atoms with Crippen molar-refractivity contribution in [3.63, 3.8) is 0 Å². The van der Waals surface area contributed by atoms with Crippen LogP contribution in [0.3, 0.4) is 0 Å². The van der Waals surface area contributed by atoms with Crippen LogP contribution in [0, 0.1) is 10.1 Å². The van der Waals surface area contributed by atoms with E-state index in [1.54, 1.807) is 16.7 Å². The lowest BCUT2D eigenvalue weighted by Gasteiger charge is -2.33. The summed E-state index contributed by atoms with van der Waals surface area (Å²) >= 11 is -0.137. The number of alkyl halides is 3. The third kappa shape index (κ3) is 6.63. The van der Waals surface area contributed by atoms with Crippen LogP contribution in [0.5, 0.6) is 17.5 Å². The van der Waals surface area contributed by atoms with Gasteiger partial charge in [-0.3, -0.25) is 4.57 Å². The first-order valence-corrected chi connectivity index (χ1v) is 12.9. The quantitative estimate of drug-likeness (QED) is 0.201. The molecule has 0 aliphatic carbocycles. The van der Waals surface area contributed by atoms with Gasteiger partial charge in [-0.2, -0.15) is 13.2 Å². The van der Waals surface area contributed by atoms with Crippen LogP contribution in [0.1, 0.15) is 19.3 Å². The molecule has 9 nitrogen and oxygen atoms in total. The molecule has 3 aromatic rings. The minimum atomic E-state index is -4.30. The molecule has 1 atom stereocenters. The second kappa shape index (κ2) is 11.0. The maximum atomic E-state index is 12.5. The minimum absolute atomic E-state index is 0.00231. The molecule has 0 radical (unpaired) electrons. The number of nitrogens with zero attached hydrogens (tertiary/aromatic N) is 4. The molecule has 1 aromatic heterocycles. The van der Waals surface area contributed by atoms with Gasteiger partial charge in [-0.25, -0.2) is 0 Å². The number of hydrogen-bond donors (Lipinski definition) is 0. The van der Waals surface area contributed by atoms with Crippen molar-refractivity contribution in [1.29, 1.82) is 0 Å². The average molecular weight is 551 g/mol. The highest BCUT2D eigenvalue weighted by atomic mass is 32.2. The second-order valence-corrected chi connectivity index (χ2v) is 10.1. The first-order chi connectivity index (χ1) is 18.2. The SMILES string of the molecule is O=[N+]([O-])c1cn2c(n1)O[C@@H](COc1ccc(N3CCC(Oc4ccc(SC(F)(F)F)cc4)CC3)cc1)CC2. The van der Waals surface area contributed by atoms with Crippen LogP contribution >= 0.6 is 11.8 Å². The molecule has 1 fully saturated rings. The van der Waals surface area contributed by atoms with Gasteiger partial charge in [0.25, 0.3) is 0 Å². The number of hydrogen-bond acceptors (Lipinski definition) is 8. The van der Waals surface area contributed by atoms with Crippen molar-refractivity contribution in [2.24, 2.45) is 0 Å². The van der Waals surface area contributed by atoms with E-state index < -0.39 is 10.4 Å².